The van der Waals surface area contributed by atoms with Crippen molar-refractivity contribution >= 4 is 11.7 Å². The lowest BCUT2D eigenvalue weighted by Gasteiger charge is -2.24. The van der Waals surface area contributed by atoms with E-state index in [4.69, 9.17) is 5.73 Å². The molecule has 4 rings (SSSR count). The highest BCUT2D eigenvalue weighted by Crippen LogP contribution is 2.32. The first-order chi connectivity index (χ1) is 13.1. The van der Waals surface area contributed by atoms with Crippen molar-refractivity contribution in [1.82, 2.24) is 24.8 Å². The molecule has 7 heteroatoms. The van der Waals surface area contributed by atoms with Crippen LogP contribution in [0.2, 0.25) is 0 Å². The van der Waals surface area contributed by atoms with Gasteiger partial charge in [-0.25, -0.2) is 9.97 Å². The molecule has 136 valence electrons. The third-order valence-electron chi connectivity index (χ3n) is 4.76. The predicted molar refractivity (Wildman–Crippen MR) is 102 cm³/mol. The second kappa shape index (κ2) is 7.11. The molecule has 0 bridgehead atoms. The van der Waals surface area contributed by atoms with Gasteiger partial charge in [-0.15, -0.1) is 0 Å². The number of aromatic nitrogens is 4. The second-order valence-corrected chi connectivity index (χ2v) is 6.64. The number of hydrogen-bond acceptors (Lipinski definition) is 6. The van der Waals surface area contributed by atoms with Gasteiger partial charge in [0.25, 0.3) is 5.91 Å². The quantitative estimate of drug-likeness (QED) is 0.771. The molecule has 0 spiro atoms. The van der Waals surface area contributed by atoms with Crippen molar-refractivity contribution in [3.05, 3.63) is 66.1 Å². The second-order valence-electron chi connectivity index (χ2n) is 6.64. The Bertz CT molecular complexity index is 938. The predicted octanol–water partition coefficient (Wildman–Crippen LogP) is 2.80. The van der Waals surface area contributed by atoms with E-state index in [1.807, 2.05) is 36.2 Å². The van der Waals surface area contributed by atoms with Crippen LogP contribution in [0.1, 0.15) is 40.8 Å². The zero-order valence-corrected chi connectivity index (χ0v) is 15.0. The number of carbonyl (C=O) groups excluding carboxylic acids is 1. The van der Waals surface area contributed by atoms with Crippen LogP contribution in [0.4, 0.5) is 5.82 Å². The minimum Gasteiger partial charge on any atom is -0.384 e. The molecule has 4 heterocycles. The zero-order valence-electron chi connectivity index (χ0n) is 15.0. The van der Waals surface area contributed by atoms with Crippen molar-refractivity contribution in [3.8, 4) is 11.1 Å². The van der Waals surface area contributed by atoms with Crippen LogP contribution in [-0.4, -0.2) is 37.3 Å². The van der Waals surface area contributed by atoms with Crippen molar-refractivity contribution in [3.63, 3.8) is 0 Å². The largest absolute Gasteiger partial charge is 0.384 e. The molecule has 0 aliphatic carbocycles. The lowest BCUT2D eigenvalue weighted by Crippen LogP contribution is -2.31. The van der Waals surface area contributed by atoms with Crippen LogP contribution in [0, 0.1) is 6.92 Å². The van der Waals surface area contributed by atoms with E-state index in [0.717, 1.165) is 35.4 Å². The maximum atomic E-state index is 12.8. The molecule has 1 saturated heterocycles. The molecule has 1 fully saturated rings. The summed E-state index contributed by atoms with van der Waals surface area (Å²) in [5.74, 6) is 0.390. The highest BCUT2D eigenvalue weighted by molar-refractivity contribution is 5.92. The van der Waals surface area contributed by atoms with Crippen molar-refractivity contribution < 1.29 is 4.79 Å². The molecule has 1 atom stereocenters. The Kier molecular flexibility index (Phi) is 4.50. The van der Waals surface area contributed by atoms with Crippen LogP contribution in [0.5, 0.6) is 0 Å². The summed E-state index contributed by atoms with van der Waals surface area (Å²) in [4.78, 5) is 31.8. The molecule has 1 amide bonds. The molecule has 1 aliphatic heterocycles. The van der Waals surface area contributed by atoms with E-state index in [9.17, 15) is 4.79 Å². The van der Waals surface area contributed by atoms with E-state index in [-0.39, 0.29) is 11.9 Å². The third-order valence-corrected chi connectivity index (χ3v) is 4.76. The minimum atomic E-state index is -0.0985. The average molecular weight is 360 g/mol. The van der Waals surface area contributed by atoms with Gasteiger partial charge in [0.2, 0.25) is 0 Å². The van der Waals surface area contributed by atoms with Gasteiger partial charge >= 0.3 is 0 Å². The zero-order chi connectivity index (χ0) is 18.8. The fraction of sp³-hybridized carbons (Fsp3) is 0.250. The Hall–Kier alpha value is -3.35. The molecule has 1 aliphatic rings. The first-order valence-electron chi connectivity index (χ1n) is 8.89. The molecule has 0 radical (unpaired) electrons. The number of aryl methyl sites for hydroxylation is 1. The van der Waals surface area contributed by atoms with Gasteiger partial charge in [0.05, 0.1) is 23.6 Å². The molecule has 1 unspecified atom stereocenters. The van der Waals surface area contributed by atoms with E-state index in [2.05, 4.69) is 19.9 Å². The summed E-state index contributed by atoms with van der Waals surface area (Å²) in [6.45, 7) is 2.55. The number of amides is 1. The Morgan fingerprint density at radius 3 is 2.41 bits per heavy atom. The molecule has 7 nitrogen and oxygen atoms in total. The maximum absolute atomic E-state index is 12.8. The number of hydrogen-bond donors (Lipinski definition) is 1. The SMILES string of the molecule is Cc1cnc(C(=O)N2CCCC2c2ccc(-c3ccc(N)nc3)cn2)cn1. The van der Waals surface area contributed by atoms with Crippen LogP contribution in [0.3, 0.4) is 0 Å². The Morgan fingerprint density at radius 2 is 1.78 bits per heavy atom. The van der Waals surface area contributed by atoms with E-state index >= 15 is 0 Å². The normalized spacial score (nSPS) is 16.5. The van der Waals surface area contributed by atoms with Gasteiger partial charge in [-0.3, -0.25) is 14.8 Å². The maximum Gasteiger partial charge on any atom is 0.274 e. The number of carbonyl (C=O) groups is 1. The molecule has 3 aromatic heterocycles. The first-order valence-corrected chi connectivity index (χ1v) is 8.89. The van der Waals surface area contributed by atoms with Crippen LogP contribution in [-0.2, 0) is 0 Å². The standard InChI is InChI=1S/C20H20N6O/c1-13-9-23-17(12-22-13)20(27)26-8-2-3-18(26)16-6-4-14(10-24-16)15-5-7-19(21)25-11-15/h4-7,9-12,18H,2-3,8H2,1H3,(H2,21,25). The van der Waals surface area contributed by atoms with Gasteiger partial charge in [0, 0.05) is 36.3 Å². The van der Waals surface area contributed by atoms with E-state index in [0.29, 0.717) is 18.1 Å². The van der Waals surface area contributed by atoms with Gasteiger partial charge in [-0.2, -0.15) is 0 Å². The van der Waals surface area contributed by atoms with Gasteiger partial charge in [-0.05, 0) is 38.0 Å². The van der Waals surface area contributed by atoms with E-state index in [1.165, 1.54) is 6.20 Å². The Morgan fingerprint density at radius 1 is 1.00 bits per heavy atom. The molecule has 0 saturated carbocycles. The topological polar surface area (TPSA) is 97.9 Å². The van der Waals surface area contributed by atoms with Gasteiger partial charge in [0.1, 0.15) is 11.5 Å². The lowest BCUT2D eigenvalue weighted by atomic mass is 10.1. The van der Waals surface area contributed by atoms with Crippen molar-refractivity contribution in [2.45, 2.75) is 25.8 Å². The lowest BCUT2D eigenvalue weighted by molar-refractivity contribution is 0.0726. The number of anilines is 1. The van der Waals surface area contributed by atoms with Crippen LogP contribution >= 0.6 is 0 Å². The van der Waals surface area contributed by atoms with Gasteiger partial charge in [0.15, 0.2) is 0 Å². The molecular weight excluding hydrogens is 340 g/mol. The molecular formula is C20H20N6O. The van der Waals surface area contributed by atoms with Crippen molar-refractivity contribution in [2.75, 3.05) is 12.3 Å². The number of nitrogens with zero attached hydrogens (tertiary/aromatic N) is 5. The van der Waals surface area contributed by atoms with Crippen LogP contribution in [0.25, 0.3) is 11.1 Å². The smallest absolute Gasteiger partial charge is 0.274 e. The number of pyridine rings is 2. The molecule has 2 N–H and O–H groups in total. The number of rotatable bonds is 3. The fourth-order valence-corrected chi connectivity index (χ4v) is 3.32. The molecule has 27 heavy (non-hydrogen) atoms. The molecule has 0 aromatic carbocycles. The monoisotopic (exact) mass is 360 g/mol. The molecule has 3 aromatic rings. The third kappa shape index (κ3) is 3.48. The summed E-state index contributed by atoms with van der Waals surface area (Å²) in [5, 5.41) is 0. The van der Waals surface area contributed by atoms with E-state index in [1.54, 1.807) is 18.5 Å². The summed E-state index contributed by atoms with van der Waals surface area (Å²) in [6.07, 6.45) is 8.54. The first kappa shape index (κ1) is 17.1. The summed E-state index contributed by atoms with van der Waals surface area (Å²) < 4.78 is 0. The Labute approximate surface area is 157 Å². The minimum absolute atomic E-state index is 0.0424. The Balaban J connectivity index is 1.55. The average Bonchev–Trinajstić information content (AvgIpc) is 3.19. The van der Waals surface area contributed by atoms with E-state index < -0.39 is 0 Å². The van der Waals surface area contributed by atoms with Gasteiger partial charge in [-0.1, -0.05) is 6.07 Å². The summed E-state index contributed by atoms with van der Waals surface area (Å²) in [7, 11) is 0. The number of nitrogen functional groups attached to an aromatic ring is 1. The highest BCUT2D eigenvalue weighted by Gasteiger charge is 2.32. The number of likely N-dealkylation sites (tertiary alicyclic amines) is 1. The van der Waals surface area contributed by atoms with Crippen molar-refractivity contribution in [1.29, 1.82) is 0 Å². The summed E-state index contributed by atoms with van der Waals surface area (Å²) >= 11 is 0. The van der Waals surface area contributed by atoms with Crippen molar-refractivity contribution in [2.24, 2.45) is 0 Å². The van der Waals surface area contributed by atoms with Gasteiger partial charge < -0.3 is 10.6 Å². The summed E-state index contributed by atoms with van der Waals surface area (Å²) in [6, 6.07) is 7.62. The fourth-order valence-electron chi connectivity index (χ4n) is 3.32. The van der Waals surface area contributed by atoms with Crippen LogP contribution in [0.15, 0.2) is 49.1 Å². The van der Waals surface area contributed by atoms with Crippen LogP contribution < -0.4 is 5.73 Å². The highest BCUT2D eigenvalue weighted by atomic mass is 16.2. The number of nitrogens with two attached hydrogens (primary N) is 1. The summed E-state index contributed by atoms with van der Waals surface area (Å²) in [5.41, 5.74) is 9.60.